The van der Waals surface area contributed by atoms with Gasteiger partial charge in [-0.1, -0.05) is 6.07 Å². The first kappa shape index (κ1) is 30.9. The van der Waals surface area contributed by atoms with Crippen LogP contribution in [0.15, 0.2) is 47.4 Å². The third-order valence-corrected chi connectivity index (χ3v) is 9.24. The highest BCUT2D eigenvalue weighted by Crippen LogP contribution is 2.34. The monoisotopic (exact) mass is 635 g/mol. The molecule has 0 spiro atoms. The summed E-state index contributed by atoms with van der Waals surface area (Å²) in [6.07, 6.45) is 1.49. The fourth-order valence-electron chi connectivity index (χ4n) is 5.89. The summed E-state index contributed by atoms with van der Waals surface area (Å²) in [6.45, 7) is 8.48. The Kier molecular flexibility index (Phi) is 8.49. The van der Waals surface area contributed by atoms with Crippen molar-refractivity contribution in [3.63, 3.8) is 0 Å². The fourth-order valence-corrected chi connectivity index (χ4v) is 6.89. The van der Waals surface area contributed by atoms with Gasteiger partial charge in [-0.15, -0.1) is 0 Å². The van der Waals surface area contributed by atoms with Crippen LogP contribution in [0.3, 0.4) is 0 Å². The third-order valence-electron chi connectivity index (χ3n) is 8.15. The van der Waals surface area contributed by atoms with Gasteiger partial charge in [-0.3, -0.25) is 29.4 Å². The zero-order valence-corrected chi connectivity index (χ0v) is 26.4. The van der Waals surface area contributed by atoms with E-state index in [0.29, 0.717) is 13.1 Å². The number of fused-ring (bicyclic) bond motifs is 1. The van der Waals surface area contributed by atoms with Crippen molar-refractivity contribution >= 4 is 47.4 Å². The maximum absolute atomic E-state index is 13.2. The van der Waals surface area contributed by atoms with Gasteiger partial charge in [-0.25, -0.2) is 9.10 Å². The average Bonchev–Trinajstić information content (AvgIpc) is 3.19. The Bertz CT molecular complexity index is 1530. The Labute approximate surface area is 265 Å². The van der Waals surface area contributed by atoms with E-state index in [1.165, 1.54) is 0 Å². The number of benzene rings is 2. The van der Waals surface area contributed by atoms with Gasteiger partial charge in [0.25, 0.3) is 11.8 Å². The molecular weight excluding hydrogens is 598 g/mol. The molecule has 5 amide bonds. The lowest BCUT2D eigenvalue weighted by atomic mass is 10.0. The van der Waals surface area contributed by atoms with Gasteiger partial charge in [0.2, 0.25) is 11.8 Å². The molecule has 12 nitrogen and oxygen atoms in total. The summed E-state index contributed by atoms with van der Waals surface area (Å²) in [7, 11) is 0. The highest BCUT2D eigenvalue weighted by atomic mass is 32.2. The molecule has 0 aromatic heterocycles. The second kappa shape index (κ2) is 12.4. The zero-order chi connectivity index (χ0) is 31.9. The third kappa shape index (κ3) is 6.94. The first-order valence-electron chi connectivity index (χ1n) is 15.2. The lowest BCUT2D eigenvalue weighted by molar-refractivity contribution is -0.136. The van der Waals surface area contributed by atoms with Crippen molar-refractivity contribution in [1.82, 2.24) is 19.8 Å². The van der Waals surface area contributed by atoms with E-state index in [1.807, 2.05) is 39.0 Å². The van der Waals surface area contributed by atoms with Crippen molar-refractivity contribution in [3.8, 4) is 5.75 Å². The number of nitrogens with one attached hydrogen (secondary N) is 2. The van der Waals surface area contributed by atoms with Crippen molar-refractivity contribution in [2.24, 2.45) is 0 Å². The summed E-state index contributed by atoms with van der Waals surface area (Å²) in [4.78, 5) is 66.2. The van der Waals surface area contributed by atoms with Crippen molar-refractivity contribution in [2.75, 3.05) is 31.1 Å². The first-order valence-corrected chi connectivity index (χ1v) is 16.0. The molecule has 0 bridgehead atoms. The van der Waals surface area contributed by atoms with E-state index in [1.54, 1.807) is 30.1 Å². The smallest absolute Gasteiger partial charge is 0.407 e. The second-order valence-corrected chi connectivity index (χ2v) is 13.9. The highest BCUT2D eigenvalue weighted by Gasteiger charge is 2.45. The van der Waals surface area contributed by atoms with Crippen LogP contribution < -0.4 is 20.3 Å². The molecule has 1 unspecified atom stereocenters. The SMILES string of the molecule is CC(C)(C)OC(=O)NC1CCN(Sc2cccc(OC3CN(c4ccc5c(c4)C(=O)N(C4CCC(=O)NC4=O)C5=O)C3)c2)CC1. The summed E-state index contributed by atoms with van der Waals surface area (Å²) >= 11 is 1.68. The van der Waals surface area contributed by atoms with Crippen molar-refractivity contribution in [1.29, 1.82) is 0 Å². The van der Waals surface area contributed by atoms with Crippen LogP contribution in [0, 0.1) is 0 Å². The van der Waals surface area contributed by atoms with Crippen LogP contribution in [0.5, 0.6) is 5.75 Å². The number of hydrogen-bond donors (Lipinski definition) is 2. The molecule has 0 saturated carbocycles. The topological polar surface area (TPSA) is 138 Å². The Balaban J connectivity index is 0.986. The van der Waals surface area contributed by atoms with E-state index in [2.05, 4.69) is 25.9 Å². The molecule has 2 aromatic carbocycles. The van der Waals surface area contributed by atoms with Crippen LogP contribution >= 0.6 is 11.9 Å². The fraction of sp³-hybridized carbons (Fsp3) is 0.469. The minimum Gasteiger partial charge on any atom is -0.487 e. The number of piperidine rings is 2. The van der Waals surface area contributed by atoms with E-state index < -0.39 is 35.3 Å². The predicted octanol–water partition coefficient (Wildman–Crippen LogP) is 3.35. The first-order chi connectivity index (χ1) is 21.4. The van der Waals surface area contributed by atoms with E-state index >= 15 is 0 Å². The van der Waals surface area contributed by atoms with Gasteiger partial charge in [0.15, 0.2) is 0 Å². The van der Waals surface area contributed by atoms with Gasteiger partial charge < -0.3 is 19.7 Å². The van der Waals surface area contributed by atoms with Crippen molar-refractivity contribution in [2.45, 2.75) is 75.1 Å². The largest absolute Gasteiger partial charge is 0.487 e. The number of nitrogens with zero attached hydrogens (tertiary/aromatic N) is 3. The lowest BCUT2D eigenvalue weighted by Crippen LogP contribution is -2.54. The van der Waals surface area contributed by atoms with E-state index in [-0.39, 0.29) is 42.2 Å². The van der Waals surface area contributed by atoms with Crippen molar-refractivity contribution in [3.05, 3.63) is 53.6 Å². The van der Waals surface area contributed by atoms with Crippen LogP contribution in [0.1, 0.15) is 67.2 Å². The van der Waals surface area contributed by atoms with Crippen LogP contribution in [-0.4, -0.2) is 88.9 Å². The number of hydrogen-bond acceptors (Lipinski definition) is 10. The number of amides is 5. The predicted molar refractivity (Wildman–Crippen MR) is 166 cm³/mol. The molecule has 238 valence electrons. The van der Waals surface area contributed by atoms with Crippen LogP contribution in [0.2, 0.25) is 0 Å². The van der Waals surface area contributed by atoms with Crippen molar-refractivity contribution < 1.29 is 33.4 Å². The Morgan fingerprint density at radius 3 is 2.40 bits per heavy atom. The number of alkyl carbamates (subject to hydrolysis) is 1. The minimum absolute atomic E-state index is 0.0366. The molecule has 2 N–H and O–H groups in total. The molecule has 6 rings (SSSR count). The molecule has 3 fully saturated rings. The summed E-state index contributed by atoms with van der Waals surface area (Å²) in [5.41, 5.74) is 0.813. The van der Waals surface area contributed by atoms with Gasteiger partial charge in [0.05, 0.1) is 24.2 Å². The second-order valence-electron chi connectivity index (χ2n) is 12.7. The summed E-state index contributed by atoms with van der Waals surface area (Å²) in [5, 5.41) is 5.19. The quantitative estimate of drug-likeness (QED) is 0.344. The number of ether oxygens (including phenoxy) is 2. The number of carbonyl (C=O) groups excluding carboxylic acids is 5. The number of carbonyl (C=O) groups is 5. The highest BCUT2D eigenvalue weighted by molar-refractivity contribution is 7.97. The van der Waals surface area contributed by atoms with Gasteiger partial charge in [-0.2, -0.15) is 0 Å². The number of rotatable bonds is 7. The summed E-state index contributed by atoms with van der Waals surface area (Å²) in [5.74, 6) is -1.27. The Morgan fingerprint density at radius 2 is 1.69 bits per heavy atom. The Hall–Kier alpha value is -4.10. The summed E-state index contributed by atoms with van der Waals surface area (Å²) < 4.78 is 13.9. The van der Waals surface area contributed by atoms with Crippen LogP contribution in [-0.2, 0) is 14.3 Å². The molecule has 4 aliphatic rings. The number of imide groups is 2. The lowest BCUT2D eigenvalue weighted by Gasteiger charge is -2.40. The molecule has 4 heterocycles. The molecule has 13 heteroatoms. The molecule has 45 heavy (non-hydrogen) atoms. The molecule has 1 atom stereocenters. The normalized spacial score (nSPS) is 21.4. The average molecular weight is 636 g/mol. The Morgan fingerprint density at radius 1 is 0.956 bits per heavy atom. The molecule has 3 saturated heterocycles. The zero-order valence-electron chi connectivity index (χ0n) is 25.5. The van der Waals surface area contributed by atoms with E-state index in [4.69, 9.17) is 9.47 Å². The standard InChI is InChI=1S/C32H37N5O7S/c1-32(2,3)44-31(42)33-19-11-13-36(14-12-19)45-23-6-4-5-21(16-23)43-22-17-35(18-22)20-7-8-24-25(15-20)30(41)37(29(24)40)26-9-10-27(38)34-28(26)39/h4-8,15-16,19,22,26H,9-14,17-18H2,1-3H3,(H,33,42)(H,34,38,39). The molecular formula is C32H37N5O7S. The van der Waals surface area contributed by atoms with E-state index in [0.717, 1.165) is 47.2 Å². The maximum atomic E-state index is 13.2. The molecule has 0 radical (unpaired) electrons. The maximum Gasteiger partial charge on any atom is 0.407 e. The molecule has 2 aromatic rings. The van der Waals surface area contributed by atoms with Gasteiger partial charge in [0, 0.05) is 36.1 Å². The number of anilines is 1. The minimum atomic E-state index is -0.984. The van der Waals surface area contributed by atoms with Crippen LogP contribution in [0.25, 0.3) is 0 Å². The van der Waals surface area contributed by atoms with Gasteiger partial charge in [-0.05, 0) is 88.4 Å². The summed E-state index contributed by atoms with van der Waals surface area (Å²) in [6, 6.07) is 12.2. The molecule has 4 aliphatic heterocycles. The van der Waals surface area contributed by atoms with E-state index in [9.17, 15) is 24.0 Å². The van der Waals surface area contributed by atoms with Crippen LogP contribution in [0.4, 0.5) is 10.5 Å². The van der Waals surface area contributed by atoms with Gasteiger partial charge in [0.1, 0.15) is 23.5 Å². The van der Waals surface area contributed by atoms with Gasteiger partial charge >= 0.3 is 6.09 Å². The molecule has 0 aliphatic carbocycles.